The van der Waals surface area contributed by atoms with Crippen LogP contribution in [0.4, 0.5) is 17.1 Å². The molecule has 31 heavy (non-hydrogen) atoms. The van der Waals surface area contributed by atoms with Gasteiger partial charge in [-0.05, 0) is 67.3 Å². The zero-order valence-corrected chi connectivity index (χ0v) is 18.9. The molecular weight excluding hydrogens is 376 g/mol. The van der Waals surface area contributed by atoms with Crippen molar-refractivity contribution in [1.29, 1.82) is 0 Å². The van der Waals surface area contributed by atoms with Gasteiger partial charge in [0.05, 0.1) is 28.5 Å². The van der Waals surface area contributed by atoms with Crippen LogP contribution in [0.2, 0.25) is 0 Å². The SMILES string of the molecule is Cc1cccc(C)c1-c1ccc(N2c3ccccc3C(C)(C)c3ccccc32)c(C)n1. The topological polar surface area (TPSA) is 16.1 Å². The first-order valence-corrected chi connectivity index (χ1v) is 10.9. The summed E-state index contributed by atoms with van der Waals surface area (Å²) in [4.78, 5) is 7.46. The number of aryl methyl sites for hydroxylation is 3. The number of pyridine rings is 1. The van der Waals surface area contributed by atoms with Gasteiger partial charge >= 0.3 is 0 Å². The van der Waals surface area contributed by atoms with Crippen molar-refractivity contribution in [2.75, 3.05) is 4.90 Å². The molecule has 0 fully saturated rings. The lowest BCUT2D eigenvalue weighted by atomic mass is 9.73. The molecule has 0 amide bonds. The normalized spacial score (nSPS) is 14.2. The van der Waals surface area contributed by atoms with Gasteiger partial charge in [-0.25, -0.2) is 0 Å². The maximum atomic E-state index is 5.08. The Labute approximate surface area is 185 Å². The van der Waals surface area contributed by atoms with Gasteiger partial charge in [0.2, 0.25) is 0 Å². The highest BCUT2D eigenvalue weighted by atomic mass is 15.2. The van der Waals surface area contributed by atoms with Crippen LogP contribution in [0.3, 0.4) is 0 Å². The van der Waals surface area contributed by atoms with E-state index >= 15 is 0 Å². The number of nitrogens with zero attached hydrogens (tertiary/aromatic N) is 2. The molecule has 154 valence electrons. The van der Waals surface area contributed by atoms with Crippen molar-refractivity contribution < 1.29 is 0 Å². The van der Waals surface area contributed by atoms with E-state index in [1.165, 1.54) is 39.2 Å². The van der Waals surface area contributed by atoms with Crippen LogP contribution in [0, 0.1) is 20.8 Å². The van der Waals surface area contributed by atoms with Gasteiger partial charge in [-0.15, -0.1) is 0 Å². The summed E-state index contributed by atoms with van der Waals surface area (Å²) in [6, 6.07) is 28.3. The lowest BCUT2D eigenvalue weighted by Crippen LogP contribution is -2.30. The van der Waals surface area contributed by atoms with Crippen LogP contribution in [-0.2, 0) is 5.41 Å². The molecule has 3 aromatic carbocycles. The number of hydrogen-bond donors (Lipinski definition) is 0. The van der Waals surface area contributed by atoms with E-state index in [2.05, 4.69) is 118 Å². The Bertz CT molecular complexity index is 1230. The second-order valence-corrected chi connectivity index (χ2v) is 9.06. The minimum absolute atomic E-state index is 0.0524. The summed E-state index contributed by atoms with van der Waals surface area (Å²) in [5.74, 6) is 0. The first-order chi connectivity index (χ1) is 14.9. The maximum Gasteiger partial charge on any atom is 0.0712 e. The Kier molecular flexibility index (Phi) is 4.48. The zero-order valence-electron chi connectivity index (χ0n) is 18.9. The fourth-order valence-corrected chi connectivity index (χ4v) is 5.08. The number of para-hydroxylation sites is 2. The van der Waals surface area contributed by atoms with Crippen molar-refractivity contribution in [3.8, 4) is 11.3 Å². The standard InChI is InChI=1S/C29H28N2/c1-19-11-10-12-20(2)28(19)24-17-18-25(21(3)30-24)31-26-15-8-6-13-22(26)29(4,5)23-14-7-9-16-27(23)31/h6-18H,1-5H3. The minimum Gasteiger partial charge on any atom is -0.308 e. The average Bonchev–Trinajstić information content (AvgIpc) is 2.75. The summed E-state index contributed by atoms with van der Waals surface area (Å²) in [7, 11) is 0. The summed E-state index contributed by atoms with van der Waals surface area (Å²) < 4.78 is 0. The van der Waals surface area contributed by atoms with Gasteiger partial charge in [0.1, 0.15) is 0 Å². The van der Waals surface area contributed by atoms with Gasteiger partial charge in [-0.2, -0.15) is 0 Å². The van der Waals surface area contributed by atoms with Crippen molar-refractivity contribution in [2.24, 2.45) is 0 Å². The summed E-state index contributed by atoms with van der Waals surface area (Å²) >= 11 is 0. The molecule has 0 bridgehead atoms. The fraction of sp³-hybridized carbons (Fsp3) is 0.207. The molecule has 1 aliphatic heterocycles. The molecule has 1 aromatic heterocycles. The van der Waals surface area contributed by atoms with Crippen molar-refractivity contribution in [3.63, 3.8) is 0 Å². The molecule has 2 nitrogen and oxygen atoms in total. The molecule has 0 atom stereocenters. The van der Waals surface area contributed by atoms with Crippen LogP contribution in [0.5, 0.6) is 0 Å². The number of fused-ring (bicyclic) bond motifs is 2. The second kappa shape index (κ2) is 7.09. The van der Waals surface area contributed by atoms with E-state index in [4.69, 9.17) is 4.98 Å². The van der Waals surface area contributed by atoms with Gasteiger partial charge in [0.15, 0.2) is 0 Å². The van der Waals surface area contributed by atoms with Gasteiger partial charge in [-0.3, -0.25) is 4.98 Å². The van der Waals surface area contributed by atoms with E-state index in [0.29, 0.717) is 0 Å². The number of benzene rings is 3. The summed E-state index contributed by atoms with van der Waals surface area (Å²) in [5.41, 5.74) is 12.0. The summed E-state index contributed by atoms with van der Waals surface area (Å²) in [6.45, 7) is 11.1. The number of hydrogen-bond acceptors (Lipinski definition) is 2. The van der Waals surface area contributed by atoms with Gasteiger partial charge in [0, 0.05) is 11.0 Å². The maximum absolute atomic E-state index is 5.08. The van der Waals surface area contributed by atoms with E-state index in [1.54, 1.807) is 0 Å². The highest BCUT2D eigenvalue weighted by Crippen LogP contribution is 2.52. The Hall–Kier alpha value is -3.39. The molecule has 0 aliphatic carbocycles. The molecule has 2 heterocycles. The molecule has 0 saturated heterocycles. The molecular formula is C29H28N2. The zero-order chi connectivity index (χ0) is 21.8. The monoisotopic (exact) mass is 404 g/mol. The number of rotatable bonds is 2. The third-order valence-corrected chi connectivity index (χ3v) is 6.67. The Morgan fingerprint density at radius 2 is 1.16 bits per heavy atom. The van der Waals surface area contributed by atoms with Crippen molar-refractivity contribution >= 4 is 17.1 Å². The quantitative estimate of drug-likeness (QED) is 0.339. The predicted octanol–water partition coefficient (Wildman–Crippen LogP) is 7.78. The van der Waals surface area contributed by atoms with E-state index in [1.807, 2.05) is 0 Å². The predicted molar refractivity (Wildman–Crippen MR) is 131 cm³/mol. The Balaban J connectivity index is 1.72. The number of anilines is 3. The molecule has 0 unspecified atom stereocenters. The van der Waals surface area contributed by atoms with Crippen LogP contribution in [0.1, 0.15) is 41.8 Å². The van der Waals surface area contributed by atoms with E-state index < -0.39 is 0 Å². The van der Waals surface area contributed by atoms with E-state index in [-0.39, 0.29) is 5.41 Å². The highest BCUT2D eigenvalue weighted by molar-refractivity contribution is 5.87. The van der Waals surface area contributed by atoms with Crippen molar-refractivity contribution in [3.05, 3.63) is 107 Å². The molecule has 0 N–H and O–H groups in total. The minimum atomic E-state index is -0.0524. The Morgan fingerprint density at radius 1 is 0.613 bits per heavy atom. The third-order valence-electron chi connectivity index (χ3n) is 6.67. The van der Waals surface area contributed by atoms with Crippen molar-refractivity contribution in [1.82, 2.24) is 4.98 Å². The smallest absolute Gasteiger partial charge is 0.0712 e. The molecule has 0 saturated carbocycles. The number of aromatic nitrogens is 1. The lowest BCUT2D eigenvalue weighted by Gasteiger charge is -2.42. The van der Waals surface area contributed by atoms with Crippen molar-refractivity contribution in [2.45, 2.75) is 40.0 Å². The molecule has 0 spiro atoms. The lowest BCUT2D eigenvalue weighted by molar-refractivity contribution is 0.631. The summed E-state index contributed by atoms with van der Waals surface area (Å²) in [5, 5.41) is 0. The van der Waals surface area contributed by atoms with Crippen LogP contribution in [-0.4, -0.2) is 4.98 Å². The van der Waals surface area contributed by atoms with Crippen LogP contribution in [0.25, 0.3) is 11.3 Å². The third kappa shape index (κ3) is 2.97. The van der Waals surface area contributed by atoms with Crippen LogP contribution < -0.4 is 4.90 Å². The van der Waals surface area contributed by atoms with E-state index in [0.717, 1.165) is 17.1 Å². The molecule has 5 rings (SSSR count). The van der Waals surface area contributed by atoms with Gasteiger partial charge in [0.25, 0.3) is 0 Å². The van der Waals surface area contributed by atoms with E-state index in [9.17, 15) is 0 Å². The molecule has 4 aromatic rings. The first kappa shape index (κ1) is 19.6. The average molecular weight is 405 g/mol. The highest BCUT2D eigenvalue weighted by Gasteiger charge is 2.36. The molecule has 2 heteroatoms. The van der Waals surface area contributed by atoms with Gasteiger partial charge in [-0.1, -0.05) is 68.4 Å². The molecule has 1 aliphatic rings. The van der Waals surface area contributed by atoms with Crippen LogP contribution in [0.15, 0.2) is 78.9 Å². The Morgan fingerprint density at radius 3 is 1.71 bits per heavy atom. The van der Waals surface area contributed by atoms with Gasteiger partial charge < -0.3 is 4.90 Å². The first-order valence-electron chi connectivity index (χ1n) is 10.9. The fourth-order valence-electron chi connectivity index (χ4n) is 5.08. The van der Waals surface area contributed by atoms with Crippen LogP contribution >= 0.6 is 0 Å². The largest absolute Gasteiger partial charge is 0.308 e. The molecule has 0 radical (unpaired) electrons. The summed E-state index contributed by atoms with van der Waals surface area (Å²) in [6.07, 6.45) is 0. The second-order valence-electron chi connectivity index (χ2n) is 9.06.